The van der Waals surface area contributed by atoms with E-state index in [4.69, 9.17) is 11.5 Å². The fraction of sp³-hybridized carbons (Fsp3) is 0.400. The first-order valence-electron chi connectivity index (χ1n) is 4.76. The molecule has 1 aromatic rings. The zero-order valence-electron chi connectivity index (χ0n) is 8.86. The Kier molecular flexibility index (Phi) is 3.96. The quantitative estimate of drug-likeness (QED) is 0.763. The highest BCUT2D eigenvalue weighted by molar-refractivity contribution is 7.99. The van der Waals surface area contributed by atoms with Crippen molar-refractivity contribution >= 4 is 23.4 Å². The normalized spacial score (nSPS) is 12.4. The van der Waals surface area contributed by atoms with E-state index in [0.29, 0.717) is 21.5 Å². The molecule has 1 aromatic heterocycles. The first-order chi connectivity index (χ1) is 7.04. The molecule has 0 fully saturated rings. The van der Waals surface area contributed by atoms with Crippen molar-refractivity contribution in [2.45, 2.75) is 30.5 Å². The van der Waals surface area contributed by atoms with Gasteiger partial charge in [-0.3, -0.25) is 4.79 Å². The molecule has 0 bridgehead atoms. The summed E-state index contributed by atoms with van der Waals surface area (Å²) in [7, 11) is 0. The van der Waals surface area contributed by atoms with Gasteiger partial charge in [0.05, 0.1) is 17.4 Å². The highest BCUT2D eigenvalue weighted by Crippen LogP contribution is 2.27. The molecule has 82 valence electrons. The molecule has 0 aliphatic carbocycles. The van der Waals surface area contributed by atoms with Gasteiger partial charge in [-0.15, -0.1) is 11.8 Å². The van der Waals surface area contributed by atoms with Gasteiger partial charge in [0, 0.05) is 5.25 Å². The summed E-state index contributed by atoms with van der Waals surface area (Å²) in [5.74, 6) is -0.486. The molecule has 1 amide bonds. The summed E-state index contributed by atoms with van der Waals surface area (Å²) in [5.41, 5.74) is 11.7. The second kappa shape index (κ2) is 5.02. The molecule has 1 unspecified atom stereocenters. The third-order valence-electron chi connectivity index (χ3n) is 2.03. The minimum Gasteiger partial charge on any atom is -0.397 e. The molecule has 0 radical (unpaired) electrons. The van der Waals surface area contributed by atoms with E-state index in [0.717, 1.165) is 6.42 Å². The second-order valence-electron chi connectivity index (χ2n) is 3.32. The van der Waals surface area contributed by atoms with E-state index in [2.05, 4.69) is 18.8 Å². The number of nitrogens with two attached hydrogens (primary N) is 2. The molecule has 4 N–H and O–H groups in total. The maximum atomic E-state index is 11.2. The van der Waals surface area contributed by atoms with E-state index in [-0.39, 0.29) is 0 Å². The van der Waals surface area contributed by atoms with Gasteiger partial charge in [0.2, 0.25) is 0 Å². The Morgan fingerprint density at radius 2 is 2.33 bits per heavy atom. The molecule has 15 heavy (non-hydrogen) atoms. The predicted octanol–water partition coefficient (Wildman–Crippen LogP) is 1.65. The van der Waals surface area contributed by atoms with Crippen LogP contribution in [-0.2, 0) is 0 Å². The number of amides is 1. The van der Waals surface area contributed by atoms with Crippen molar-refractivity contribution in [2.24, 2.45) is 5.73 Å². The first kappa shape index (κ1) is 11.8. The fourth-order valence-corrected chi connectivity index (χ4v) is 1.96. The van der Waals surface area contributed by atoms with Gasteiger partial charge < -0.3 is 11.5 Å². The van der Waals surface area contributed by atoms with Gasteiger partial charge in [-0.05, 0) is 12.5 Å². The minimum atomic E-state index is -0.486. The maximum Gasteiger partial charge on any atom is 0.251 e. The van der Waals surface area contributed by atoms with Crippen LogP contribution in [-0.4, -0.2) is 16.1 Å². The average Bonchev–Trinajstić information content (AvgIpc) is 2.20. The monoisotopic (exact) mass is 225 g/mol. The maximum absolute atomic E-state index is 11.2. The molecule has 1 atom stereocenters. The molecular weight excluding hydrogens is 210 g/mol. The van der Waals surface area contributed by atoms with E-state index in [1.807, 2.05) is 0 Å². The van der Waals surface area contributed by atoms with E-state index < -0.39 is 5.91 Å². The molecule has 1 rings (SSSR count). The Balaban J connectivity index is 3.01. The number of rotatable bonds is 4. The molecule has 0 spiro atoms. The molecule has 0 saturated carbocycles. The number of nitrogen functional groups attached to an aromatic ring is 1. The number of pyridine rings is 1. The Morgan fingerprint density at radius 1 is 1.67 bits per heavy atom. The highest BCUT2D eigenvalue weighted by Gasteiger charge is 2.13. The summed E-state index contributed by atoms with van der Waals surface area (Å²) in [4.78, 5) is 15.3. The lowest BCUT2D eigenvalue weighted by atomic mass is 10.2. The second-order valence-corrected chi connectivity index (χ2v) is 4.75. The van der Waals surface area contributed by atoms with Crippen molar-refractivity contribution in [3.63, 3.8) is 0 Å². The van der Waals surface area contributed by atoms with Crippen molar-refractivity contribution in [3.8, 4) is 0 Å². The van der Waals surface area contributed by atoms with Gasteiger partial charge in [0.15, 0.2) is 0 Å². The number of primary amides is 1. The largest absolute Gasteiger partial charge is 0.397 e. The molecular formula is C10H15N3OS. The van der Waals surface area contributed by atoms with Crippen LogP contribution in [0.4, 0.5) is 5.69 Å². The molecule has 1 heterocycles. The Morgan fingerprint density at radius 3 is 2.87 bits per heavy atom. The molecule has 0 aliphatic heterocycles. The van der Waals surface area contributed by atoms with Crippen molar-refractivity contribution < 1.29 is 4.79 Å². The average molecular weight is 225 g/mol. The number of hydrogen-bond donors (Lipinski definition) is 2. The van der Waals surface area contributed by atoms with Crippen LogP contribution in [0.3, 0.4) is 0 Å². The lowest BCUT2D eigenvalue weighted by molar-refractivity contribution is 0.0997. The van der Waals surface area contributed by atoms with E-state index in [1.165, 1.54) is 18.0 Å². The molecule has 0 saturated heterocycles. The van der Waals surface area contributed by atoms with Gasteiger partial charge >= 0.3 is 0 Å². The molecule has 0 aliphatic rings. The van der Waals surface area contributed by atoms with Crippen LogP contribution in [0.1, 0.15) is 30.6 Å². The van der Waals surface area contributed by atoms with Crippen LogP contribution < -0.4 is 11.5 Å². The molecule has 5 heteroatoms. The van der Waals surface area contributed by atoms with E-state index >= 15 is 0 Å². The van der Waals surface area contributed by atoms with Crippen LogP contribution in [0.15, 0.2) is 17.3 Å². The number of aromatic nitrogens is 1. The van der Waals surface area contributed by atoms with Crippen LogP contribution in [0, 0.1) is 0 Å². The van der Waals surface area contributed by atoms with Crippen LogP contribution in [0.5, 0.6) is 0 Å². The number of hydrogen-bond acceptors (Lipinski definition) is 4. The lowest BCUT2D eigenvalue weighted by Crippen LogP contribution is -2.14. The van der Waals surface area contributed by atoms with Crippen LogP contribution in [0.2, 0.25) is 0 Å². The van der Waals surface area contributed by atoms with Gasteiger partial charge in [-0.1, -0.05) is 13.8 Å². The summed E-state index contributed by atoms with van der Waals surface area (Å²) in [6.45, 7) is 4.16. The van der Waals surface area contributed by atoms with Crippen LogP contribution >= 0.6 is 11.8 Å². The summed E-state index contributed by atoms with van der Waals surface area (Å²) in [6.07, 6.45) is 2.55. The summed E-state index contributed by atoms with van der Waals surface area (Å²) >= 11 is 1.54. The number of carbonyl (C=O) groups is 1. The van der Waals surface area contributed by atoms with Gasteiger partial charge in [-0.25, -0.2) is 4.98 Å². The van der Waals surface area contributed by atoms with Gasteiger partial charge in [-0.2, -0.15) is 0 Å². The van der Waals surface area contributed by atoms with Gasteiger partial charge in [0.1, 0.15) is 5.03 Å². The number of thioether (sulfide) groups is 1. The smallest absolute Gasteiger partial charge is 0.251 e. The number of carbonyl (C=O) groups excluding carboxylic acids is 1. The standard InChI is InChI=1S/C10H15N3OS/c1-3-6(2)15-10-8(9(12)14)4-7(11)5-13-10/h4-6H,3,11H2,1-2H3,(H2,12,14). The lowest BCUT2D eigenvalue weighted by Gasteiger charge is -2.10. The Hall–Kier alpha value is -1.23. The molecule has 0 aromatic carbocycles. The zero-order chi connectivity index (χ0) is 11.4. The fourth-order valence-electron chi connectivity index (χ4n) is 1.01. The summed E-state index contributed by atoms with van der Waals surface area (Å²) in [5, 5.41) is 1.06. The Labute approximate surface area is 93.4 Å². The van der Waals surface area contributed by atoms with Gasteiger partial charge in [0.25, 0.3) is 5.91 Å². The first-order valence-corrected chi connectivity index (χ1v) is 5.64. The van der Waals surface area contributed by atoms with Crippen molar-refractivity contribution in [3.05, 3.63) is 17.8 Å². The number of anilines is 1. The number of nitrogens with zero attached hydrogens (tertiary/aromatic N) is 1. The van der Waals surface area contributed by atoms with E-state index in [1.54, 1.807) is 6.07 Å². The summed E-state index contributed by atoms with van der Waals surface area (Å²) in [6, 6.07) is 1.57. The Bertz CT molecular complexity index is 368. The topological polar surface area (TPSA) is 82.0 Å². The van der Waals surface area contributed by atoms with E-state index in [9.17, 15) is 4.79 Å². The van der Waals surface area contributed by atoms with Crippen LogP contribution in [0.25, 0.3) is 0 Å². The third kappa shape index (κ3) is 3.13. The summed E-state index contributed by atoms with van der Waals surface area (Å²) < 4.78 is 0. The van der Waals surface area contributed by atoms with Crippen molar-refractivity contribution in [1.82, 2.24) is 4.98 Å². The van der Waals surface area contributed by atoms with Crippen molar-refractivity contribution in [1.29, 1.82) is 0 Å². The molecule has 4 nitrogen and oxygen atoms in total. The predicted molar refractivity (Wildman–Crippen MR) is 62.8 cm³/mol. The zero-order valence-corrected chi connectivity index (χ0v) is 9.67. The van der Waals surface area contributed by atoms with Crippen molar-refractivity contribution in [2.75, 3.05) is 5.73 Å². The minimum absolute atomic E-state index is 0.402. The SMILES string of the molecule is CCC(C)Sc1ncc(N)cc1C(N)=O. The highest BCUT2D eigenvalue weighted by atomic mass is 32.2. The third-order valence-corrected chi connectivity index (χ3v) is 3.31.